The van der Waals surface area contributed by atoms with E-state index in [1.54, 1.807) is 0 Å². The fourth-order valence-corrected chi connectivity index (χ4v) is 2.33. The Bertz CT molecular complexity index is 663. The third-order valence-electron chi connectivity index (χ3n) is 3.82. The molecule has 0 radical (unpaired) electrons. The van der Waals surface area contributed by atoms with Crippen molar-refractivity contribution < 1.29 is 0 Å². The van der Waals surface area contributed by atoms with Crippen molar-refractivity contribution in [1.29, 1.82) is 0 Å². The van der Waals surface area contributed by atoms with Gasteiger partial charge < -0.3 is 9.13 Å². The summed E-state index contributed by atoms with van der Waals surface area (Å²) in [6.07, 6.45) is 0. The highest BCUT2D eigenvalue weighted by Gasteiger charge is 2.10. The van der Waals surface area contributed by atoms with Gasteiger partial charge >= 0.3 is 0 Å². The molecule has 0 atom stereocenters. The van der Waals surface area contributed by atoms with E-state index in [4.69, 9.17) is 0 Å². The molecule has 0 unspecified atom stereocenters. The van der Waals surface area contributed by atoms with Crippen molar-refractivity contribution in [2.75, 3.05) is 5.43 Å². The molecule has 7 heteroatoms. The van der Waals surface area contributed by atoms with Crippen LogP contribution in [-0.2, 0) is 13.1 Å². The molecular formula is C14H23N7. The van der Waals surface area contributed by atoms with E-state index < -0.39 is 0 Å². The second-order valence-corrected chi connectivity index (χ2v) is 4.99. The van der Waals surface area contributed by atoms with Crippen molar-refractivity contribution in [3.05, 3.63) is 22.8 Å². The second-order valence-electron chi connectivity index (χ2n) is 4.99. The van der Waals surface area contributed by atoms with Gasteiger partial charge in [0.2, 0.25) is 5.95 Å². The zero-order chi connectivity index (χ0) is 15.6. The molecule has 0 aromatic carbocycles. The van der Waals surface area contributed by atoms with Crippen LogP contribution in [0.4, 0.5) is 11.9 Å². The fraction of sp³-hybridized carbons (Fsp3) is 0.571. The van der Waals surface area contributed by atoms with Crippen molar-refractivity contribution in [2.24, 2.45) is 10.3 Å². The zero-order valence-electron chi connectivity index (χ0n) is 13.6. The van der Waals surface area contributed by atoms with Gasteiger partial charge in [0.15, 0.2) is 0 Å². The molecule has 1 N–H and O–H groups in total. The van der Waals surface area contributed by atoms with Crippen molar-refractivity contribution in [2.45, 2.75) is 54.6 Å². The lowest BCUT2D eigenvalue weighted by Crippen LogP contribution is -2.02. The molecule has 0 aliphatic rings. The summed E-state index contributed by atoms with van der Waals surface area (Å²) in [5.41, 5.74) is 7.14. The average molecular weight is 289 g/mol. The predicted octanol–water partition coefficient (Wildman–Crippen LogP) is 3.46. The maximum absolute atomic E-state index is 4.45. The normalized spacial score (nSPS) is 11.5. The summed E-state index contributed by atoms with van der Waals surface area (Å²) in [4.78, 5) is 8.86. The Labute approximate surface area is 125 Å². The molecule has 2 aromatic heterocycles. The summed E-state index contributed by atoms with van der Waals surface area (Å²) < 4.78 is 4.10. The molecular weight excluding hydrogens is 266 g/mol. The highest BCUT2D eigenvalue weighted by atomic mass is 15.5. The van der Waals surface area contributed by atoms with E-state index in [-0.39, 0.29) is 0 Å². The summed E-state index contributed by atoms with van der Waals surface area (Å²) in [5, 5.41) is 8.23. The maximum Gasteiger partial charge on any atom is 0.251 e. The SMILES string of the molecule is CCn1c(N=NNc2nc(C)c(C)n2CC)nc(C)c1C. The van der Waals surface area contributed by atoms with E-state index in [0.717, 1.165) is 35.9 Å². The molecule has 0 aliphatic carbocycles. The first-order chi connectivity index (χ1) is 9.99. The van der Waals surface area contributed by atoms with Gasteiger partial charge in [-0.1, -0.05) is 10.3 Å². The van der Waals surface area contributed by atoms with Crippen LogP contribution >= 0.6 is 0 Å². The zero-order valence-corrected chi connectivity index (χ0v) is 13.6. The van der Waals surface area contributed by atoms with Crippen LogP contribution in [0.1, 0.15) is 36.6 Å². The van der Waals surface area contributed by atoms with Gasteiger partial charge in [-0.15, -0.1) is 0 Å². The van der Waals surface area contributed by atoms with Crippen LogP contribution in [-0.4, -0.2) is 19.1 Å². The number of rotatable bonds is 5. The second kappa shape index (κ2) is 6.07. The van der Waals surface area contributed by atoms with Gasteiger partial charge in [-0.25, -0.2) is 15.4 Å². The van der Waals surface area contributed by atoms with E-state index in [9.17, 15) is 0 Å². The quantitative estimate of drug-likeness (QED) is 0.676. The Hall–Kier alpha value is -2.18. The first-order valence-electron chi connectivity index (χ1n) is 7.23. The summed E-state index contributed by atoms with van der Waals surface area (Å²) in [6.45, 7) is 13.9. The Kier molecular flexibility index (Phi) is 4.40. The van der Waals surface area contributed by atoms with Gasteiger partial charge in [-0.2, -0.15) is 0 Å². The van der Waals surface area contributed by atoms with Gasteiger partial charge in [0.05, 0.1) is 11.4 Å². The third-order valence-corrected chi connectivity index (χ3v) is 3.82. The summed E-state index contributed by atoms with van der Waals surface area (Å²) in [5.74, 6) is 1.32. The molecule has 0 saturated heterocycles. The van der Waals surface area contributed by atoms with Crippen LogP contribution in [0.2, 0.25) is 0 Å². The number of nitrogens with one attached hydrogen (secondary N) is 1. The summed E-state index contributed by atoms with van der Waals surface area (Å²) in [7, 11) is 0. The topological polar surface area (TPSA) is 72.4 Å². The van der Waals surface area contributed by atoms with E-state index in [0.29, 0.717) is 11.9 Å². The molecule has 0 fully saturated rings. The van der Waals surface area contributed by atoms with Gasteiger partial charge in [0.1, 0.15) is 0 Å². The number of anilines is 1. The van der Waals surface area contributed by atoms with E-state index >= 15 is 0 Å². The number of aromatic nitrogens is 4. The van der Waals surface area contributed by atoms with Crippen LogP contribution in [0.15, 0.2) is 10.3 Å². The molecule has 2 heterocycles. The van der Waals surface area contributed by atoms with E-state index in [2.05, 4.69) is 44.1 Å². The smallest absolute Gasteiger partial charge is 0.251 e. The first-order valence-corrected chi connectivity index (χ1v) is 7.23. The number of aryl methyl sites for hydroxylation is 2. The molecule has 0 bridgehead atoms. The molecule has 21 heavy (non-hydrogen) atoms. The Balaban J connectivity index is 2.20. The average Bonchev–Trinajstić information content (AvgIpc) is 2.88. The van der Waals surface area contributed by atoms with Gasteiger partial charge in [-0.3, -0.25) is 0 Å². The summed E-state index contributed by atoms with van der Waals surface area (Å²) >= 11 is 0. The predicted molar refractivity (Wildman–Crippen MR) is 82.9 cm³/mol. The van der Waals surface area contributed by atoms with Crippen LogP contribution in [0.3, 0.4) is 0 Å². The minimum atomic E-state index is 0.614. The lowest BCUT2D eigenvalue weighted by atomic mass is 10.4. The number of nitrogens with zero attached hydrogens (tertiary/aromatic N) is 6. The minimum Gasteiger partial charge on any atom is -0.313 e. The molecule has 0 amide bonds. The highest BCUT2D eigenvalue weighted by molar-refractivity contribution is 5.32. The third kappa shape index (κ3) is 2.81. The summed E-state index contributed by atoms with van der Waals surface area (Å²) in [6, 6.07) is 0. The Morgan fingerprint density at radius 2 is 1.48 bits per heavy atom. The van der Waals surface area contributed by atoms with Gasteiger partial charge in [-0.05, 0) is 41.5 Å². The van der Waals surface area contributed by atoms with Gasteiger partial charge in [0.25, 0.3) is 5.95 Å². The number of hydrogen-bond acceptors (Lipinski definition) is 4. The monoisotopic (exact) mass is 289 g/mol. The molecule has 2 aromatic rings. The Morgan fingerprint density at radius 3 is 2.10 bits per heavy atom. The van der Waals surface area contributed by atoms with Gasteiger partial charge in [0, 0.05) is 24.5 Å². The number of imidazole rings is 2. The van der Waals surface area contributed by atoms with Crippen molar-refractivity contribution in [3.8, 4) is 0 Å². The van der Waals surface area contributed by atoms with E-state index in [1.165, 1.54) is 0 Å². The fourth-order valence-electron chi connectivity index (χ4n) is 2.33. The number of hydrogen-bond donors (Lipinski definition) is 1. The van der Waals surface area contributed by atoms with E-state index in [1.807, 2.05) is 32.3 Å². The molecule has 0 aliphatic heterocycles. The molecule has 0 saturated carbocycles. The van der Waals surface area contributed by atoms with Crippen LogP contribution in [0.5, 0.6) is 0 Å². The molecule has 7 nitrogen and oxygen atoms in total. The molecule has 0 spiro atoms. The van der Waals surface area contributed by atoms with Crippen molar-refractivity contribution >= 4 is 11.9 Å². The van der Waals surface area contributed by atoms with Crippen molar-refractivity contribution in [1.82, 2.24) is 19.1 Å². The van der Waals surface area contributed by atoms with Crippen LogP contribution in [0.25, 0.3) is 0 Å². The maximum atomic E-state index is 4.45. The van der Waals surface area contributed by atoms with Crippen LogP contribution < -0.4 is 5.43 Å². The molecule has 114 valence electrons. The standard InChI is InChI=1S/C14H23N7/c1-7-20-11(5)9(3)15-13(20)17-19-18-14-16-10(4)12(6)21(14)8-2/h7-8H2,1-6H3,(H,15,16,17,18). The van der Waals surface area contributed by atoms with Crippen LogP contribution in [0, 0.1) is 27.7 Å². The highest BCUT2D eigenvalue weighted by Crippen LogP contribution is 2.18. The largest absolute Gasteiger partial charge is 0.313 e. The Morgan fingerprint density at radius 1 is 0.905 bits per heavy atom. The lowest BCUT2D eigenvalue weighted by molar-refractivity contribution is 0.725. The lowest BCUT2D eigenvalue weighted by Gasteiger charge is -2.05. The first kappa shape index (κ1) is 15.2. The molecule has 2 rings (SSSR count). The van der Waals surface area contributed by atoms with Crippen molar-refractivity contribution in [3.63, 3.8) is 0 Å². The minimum absolute atomic E-state index is 0.614.